The zero-order chi connectivity index (χ0) is 25.3. The van der Waals surface area contributed by atoms with Gasteiger partial charge in [-0.2, -0.15) is 4.98 Å². The van der Waals surface area contributed by atoms with Crippen molar-refractivity contribution in [2.24, 2.45) is 4.99 Å². The Labute approximate surface area is 209 Å². The summed E-state index contributed by atoms with van der Waals surface area (Å²) in [6.45, 7) is 0.571. The average molecular weight is 486 g/mol. The highest BCUT2D eigenvalue weighted by Crippen LogP contribution is 2.40. The lowest BCUT2D eigenvalue weighted by atomic mass is 10.1. The molecular formula is C26H27N7O3. The molecule has 0 aliphatic heterocycles. The molecule has 3 aromatic carbocycles. The SMILES string of the molecule is COc1cc(Nc2ncnc(Nc3ccc(N)c(C=NCc4ccccc4)c3)n2)cc(OC)c1OC. The van der Waals surface area contributed by atoms with Crippen molar-refractivity contribution >= 4 is 35.2 Å². The molecule has 10 heteroatoms. The number of anilines is 5. The van der Waals surface area contributed by atoms with E-state index in [1.54, 1.807) is 39.7 Å². The fraction of sp³-hybridized carbons (Fsp3) is 0.154. The quantitative estimate of drug-likeness (QED) is 0.218. The maximum atomic E-state index is 6.14. The molecule has 1 heterocycles. The molecule has 0 saturated carbocycles. The van der Waals surface area contributed by atoms with Gasteiger partial charge in [-0.1, -0.05) is 30.3 Å². The molecule has 0 aliphatic rings. The first-order valence-corrected chi connectivity index (χ1v) is 11.1. The van der Waals surface area contributed by atoms with E-state index in [1.807, 2.05) is 48.5 Å². The van der Waals surface area contributed by atoms with E-state index in [0.717, 1.165) is 16.8 Å². The van der Waals surface area contributed by atoms with Crippen molar-refractivity contribution in [1.82, 2.24) is 15.0 Å². The van der Waals surface area contributed by atoms with Gasteiger partial charge in [-0.25, -0.2) is 9.97 Å². The summed E-state index contributed by atoms with van der Waals surface area (Å²) in [7, 11) is 4.66. The van der Waals surface area contributed by atoms with E-state index in [2.05, 4.69) is 30.6 Å². The smallest absolute Gasteiger partial charge is 0.232 e. The lowest BCUT2D eigenvalue weighted by Gasteiger charge is -2.14. The molecule has 1 aromatic heterocycles. The largest absolute Gasteiger partial charge is 0.493 e. The molecule has 0 aliphatic carbocycles. The van der Waals surface area contributed by atoms with Gasteiger partial charge in [0.1, 0.15) is 6.33 Å². The summed E-state index contributed by atoms with van der Waals surface area (Å²) in [6.07, 6.45) is 3.17. The minimum absolute atomic E-state index is 0.335. The van der Waals surface area contributed by atoms with Gasteiger partial charge in [0.2, 0.25) is 17.6 Å². The minimum Gasteiger partial charge on any atom is -0.493 e. The van der Waals surface area contributed by atoms with Crippen LogP contribution in [0.2, 0.25) is 0 Å². The van der Waals surface area contributed by atoms with Gasteiger partial charge in [0.05, 0.1) is 27.9 Å². The molecule has 0 unspecified atom stereocenters. The van der Waals surface area contributed by atoms with Crippen LogP contribution in [-0.4, -0.2) is 42.5 Å². The first-order valence-electron chi connectivity index (χ1n) is 11.1. The summed E-state index contributed by atoms with van der Waals surface area (Å²) < 4.78 is 16.2. The molecule has 4 rings (SSSR count). The van der Waals surface area contributed by atoms with Gasteiger partial charge in [-0.3, -0.25) is 4.99 Å². The normalized spacial score (nSPS) is 10.8. The van der Waals surface area contributed by atoms with Crippen LogP contribution in [-0.2, 0) is 6.54 Å². The third-order valence-electron chi connectivity index (χ3n) is 5.18. The Balaban J connectivity index is 1.49. The Morgan fingerprint density at radius 3 is 2.14 bits per heavy atom. The van der Waals surface area contributed by atoms with E-state index < -0.39 is 0 Å². The van der Waals surface area contributed by atoms with Gasteiger partial charge in [0, 0.05) is 41.0 Å². The van der Waals surface area contributed by atoms with Crippen LogP contribution in [0.25, 0.3) is 0 Å². The number of hydrogen-bond acceptors (Lipinski definition) is 10. The Kier molecular flexibility index (Phi) is 7.76. The van der Waals surface area contributed by atoms with E-state index in [0.29, 0.717) is 47.1 Å². The van der Waals surface area contributed by atoms with Crippen LogP contribution in [0.15, 0.2) is 72.0 Å². The highest BCUT2D eigenvalue weighted by Gasteiger charge is 2.14. The topological polar surface area (TPSA) is 129 Å². The van der Waals surface area contributed by atoms with Gasteiger partial charge in [-0.05, 0) is 23.8 Å². The van der Waals surface area contributed by atoms with Crippen LogP contribution in [0.5, 0.6) is 17.2 Å². The van der Waals surface area contributed by atoms with Gasteiger partial charge in [-0.15, -0.1) is 0 Å². The van der Waals surface area contributed by atoms with Crippen molar-refractivity contribution < 1.29 is 14.2 Å². The summed E-state index contributed by atoms with van der Waals surface area (Å²) in [6, 6.07) is 19.1. The number of rotatable bonds is 10. The summed E-state index contributed by atoms with van der Waals surface area (Å²) in [5, 5.41) is 6.32. The fourth-order valence-corrected chi connectivity index (χ4v) is 3.43. The van der Waals surface area contributed by atoms with Crippen molar-refractivity contribution in [1.29, 1.82) is 0 Å². The average Bonchev–Trinajstić information content (AvgIpc) is 2.90. The molecule has 4 N–H and O–H groups in total. The maximum Gasteiger partial charge on any atom is 0.232 e. The van der Waals surface area contributed by atoms with Gasteiger partial charge < -0.3 is 30.6 Å². The van der Waals surface area contributed by atoms with Crippen molar-refractivity contribution in [3.8, 4) is 17.2 Å². The predicted molar refractivity (Wildman–Crippen MR) is 141 cm³/mol. The molecule has 184 valence electrons. The molecule has 0 saturated heterocycles. The third-order valence-corrected chi connectivity index (χ3v) is 5.18. The second-order valence-electron chi connectivity index (χ2n) is 7.60. The fourth-order valence-electron chi connectivity index (χ4n) is 3.43. The number of aromatic nitrogens is 3. The second-order valence-corrected chi connectivity index (χ2v) is 7.60. The van der Waals surface area contributed by atoms with Crippen LogP contribution in [0.4, 0.5) is 29.0 Å². The van der Waals surface area contributed by atoms with Gasteiger partial charge >= 0.3 is 0 Å². The van der Waals surface area contributed by atoms with E-state index in [1.165, 1.54) is 6.33 Å². The minimum atomic E-state index is 0.335. The monoisotopic (exact) mass is 485 g/mol. The Morgan fingerprint density at radius 1 is 0.833 bits per heavy atom. The number of aliphatic imine (C=N–C) groups is 1. The molecule has 0 bridgehead atoms. The Hall–Kier alpha value is -4.86. The van der Waals surface area contributed by atoms with Gasteiger partial charge in [0.25, 0.3) is 0 Å². The third kappa shape index (κ3) is 5.98. The van der Waals surface area contributed by atoms with Crippen LogP contribution < -0.4 is 30.6 Å². The van der Waals surface area contributed by atoms with E-state index >= 15 is 0 Å². The number of nitrogens with two attached hydrogens (primary N) is 1. The van der Waals surface area contributed by atoms with E-state index in [-0.39, 0.29) is 0 Å². The number of methoxy groups -OCH3 is 3. The first-order chi connectivity index (χ1) is 17.6. The lowest BCUT2D eigenvalue weighted by Crippen LogP contribution is -2.04. The van der Waals surface area contributed by atoms with Crippen LogP contribution >= 0.6 is 0 Å². The van der Waals surface area contributed by atoms with Crippen LogP contribution in [0, 0.1) is 0 Å². The van der Waals surface area contributed by atoms with Crippen LogP contribution in [0.3, 0.4) is 0 Å². The number of hydrogen-bond donors (Lipinski definition) is 3. The Bertz CT molecular complexity index is 1320. The maximum absolute atomic E-state index is 6.14. The summed E-state index contributed by atoms with van der Waals surface area (Å²) in [5.74, 6) is 2.21. The number of nitrogens with one attached hydrogen (secondary N) is 2. The van der Waals surface area contributed by atoms with Crippen molar-refractivity contribution in [3.05, 3.63) is 78.1 Å². The van der Waals surface area contributed by atoms with E-state index in [4.69, 9.17) is 19.9 Å². The predicted octanol–water partition coefficient (Wildman–Crippen LogP) is 4.59. The molecule has 0 spiro atoms. The van der Waals surface area contributed by atoms with Crippen molar-refractivity contribution in [3.63, 3.8) is 0 Å². The zero-order valence-electron chi connectivity index (χ0n) is 20.2. The molecule has 10 nitrogen and oxygen atoms in total. The molecule has 0 fully saturated rings. The zero-order valence-corrected chi connectivity index (χ0v) is 20.2. The standard InChI is InChI=1S/C26H27N7O3/c1-34-22-12-20(13-23(35-2)24(22)36-3)32-26-30-16-29-25(33-26)31-19-9-10-21(27)18(11-19)15-28-14-17-7-5-4-6-8-17/h4-13,15-16H,14,27H2,1-3H3,(H2,29,30,31,32,33). The van der Waals surface area contributed by atoms with Crippen LogP contribution in [0.1, 0.15) is 11.1 Å². The van der Waals surface area contributed by atoms with Crippen molar-refractivity contribution in [2.45, 2.75) is 6.54 Å². The number of benzene rings is 3. The lowest BCUT2D eigenvalue weighted by molar-refractivity contribution is 0.324. The number of nitrogen functional groups attached to an aromatic ring is 1. The van der Waals surface area contributed by atoms with Crippen molar-refractivity contribution in [2.75, 3.05) is 37.7 Å². The van der Waals surface area contributed by atoms with Gasteiger partial charge in [0.15, 0.2) is 11.5 Å². The summed E-state index contributed by atoms with van der Waals surface area (Å²) in [4.78, 5) is 17.4. The summed E-state index contributed by atoms with van der Waals surface area (Å²) in [5.41, 5.74) is 10.1. The molecule has 4 aromatic rings. The second kappa shape index (κ2) is 11.5. The number of nitrogens with zero attached hydrogens (tertiary/aromatic N) is 4. The molecule has 0 radical (unpaired) electrons. The number of ether oxygens (including phenoxy) is 3. The first kappa shape index (κ1) is 24.3. The van der Waals surface area contributed by atoms with E-state index in [9.17, 15) is 0 Å². The molecule has 0 amide bonds. The Morgan fingerprint density at radius 2 is 1.50 bits per heavy atom. The highest BCUT2D eigenvalue weighted by atomic mass is 16.5. The molecular weight excluding hydrogens is 458 g/mol. The molecule has 36 heavy (non-hydrogen) atoms. The molecule has 0 atom stereocenters. The highest BCUT2D eigenvalue weighted by molar-refractivity contribution is 5.88. The summed E-state index contributed by atoms with van der Waals surface area (Å²) >= 11 is 0.